The van der Waals surface area contributed by atoms with E-state index in [-0.39, 0.29) is 32.7 Å². The number of aryl methyl sites for hydroxylation is 1. The first-order valence-electron chi connectivity index (χ1n) is 14.2. The fourth-order valence-electron chi connectivity index (χ4n) is 5.74. The van der Waals surface area contributed by atoms with E-state index in [1.54, 1.807) is 39.8 Å². The molecule has 1 aromatic carbocycles. The van der Waals surface area contributed by atoms with Crippen LogP contribution in [0.2, 0.25) is 5.02 Å². The maximum absolute atomic E-state index is 13.0. The highest BCUT2D eigenvalue weighted by Gasteiger charge is 2.61. The molecular formula is C29H38ClN3O10. The van der Waals surface area contributed by atoms with Gasteiger partial charge in [0.05, 0.1) is 38.4 Å². The summed E-state index contributed by atoms with van der Waals surface area (Å²) in [4.78, 5) is 40.9. The molecule has 14 heteroatoms. The lowest BCUT2D eigenvalue weighted by Crippen LogP contribution is -2.61. The van der Waals surface area contributed by atoms with Crippen LogP contribution in [0, 0.1) is 12.8 Å². The number of aliphatic hydroxyl groups excluding tert-OH is 2. The molecule has 0 radical (unpaired) electrons. The van der Waals surface area contributed by atoms with Gasteiger partial charge in [0.25, 0.3) is 5.56 Å². The Bertz CT molecular complexity index is 1420. The predicted molar refractivity (Wildman–Crippen MR) is 153 cm³/mol. The number of rotatable bonds is 8. The Morgan fingerprint density at radius 1 is 1.21 bits per heavy atom. The van der Waals surface area contributed by atoms with Crippen LogP contribution in [0.1, 0.15) is 44.5 Å². The topological polar surface area (TPSA) is 162 Å². The molecule has 1 aromatic heterocycles. The molecule has 3 aliphatic rings. The molecule has 4 heterocycles. The van der Waals surface area contributed by atoms with Crippen LogP contribution >= 0.6 is 11.6 Å². The monoisotopic (exact) mass is 623 g/mol. The highest BCUT2D eigenvalue weighted by atomic mass is 35.5. The van der Waals surface area contributed by atoms with E-state index in [1.807, 2.05) is 12.1 Å². The van der Waals surface area contributed by atoms with Gasteiger partial charge in [0, 0.05) is 29.7 Å². The van der Waals surface area contributed by atoms with Crippen molar-refractivity contribution in [2.45, 2.75) is 82.8 Å². The number of aromatic nitrogens is 2. The predicted octanol–water partition coefficient (Wildman–Crippen LogP) is 1.70. The number of amides is 1. The molecule has 3 saturated heterocycles. The van der Waals surface area contributed by atoms with Crippen molar-refractivity contribution in [3.8, 4) is 0 Å². The Hall–Kier alpha value is -2.78. The average molecular weight is 624 g/mol. The number of likely N-dealkylation sites (tertiary alicyclic amines) is 1. The molecule has 0 aliphatic carbocycles. The maximum Gasteiger partial charge on any atom is 0.410 e. The number of carbonyl (C=O) groups excluding carboxylic acids is 1. The van der Waals surface area contributed by atoms with Crippen LogP contribution < -0.4 is 11.2 Å². The van der Waals surface area contributed by atoms with Crippen molar-refractivity contribution in [3.05, 3.63) is 67.4 Å². The maximum atomic E-state index is 13.0. The molecule has 0 spiro atoms. The molecule has 1 amide bonds. The molecule has 5 rings (SSSR count). The highest BCUT2D eigenvalue weighted by molar-refractivity contribution is 6.30. The second kappa shape index (κ2) is 12.3. The number of aliphatic hydroxyl groups is 2. The average Bonchev–Trinajstić information content (AvgIpc) is 3.38. The van der Waals surface area contributed by atoms with Gasteiger partial charge in [-0.3, -0.25) is 14.3 Å². The van der Waals surface area contributed by atoms with Crippen LogP contribution in [0.3, 0.4) is 0 Å². The summed E-state index contributed by atoms with van der Waals surface area (Å²) in [5.74, 6) is -0.514. The van der Waals surface area contributed by atoms with Gasteiger partial charge in [-0.2, -0.15) is 0 Å². The largest absolute Gasteiger partial charge is 0.444 e. The van der Waals surface area contributed by atoms with Gasteiger partial charge in [0.2, 0.25) is 0 Å². The Balaban J connectivity index is 1.31. The number of piperidine rings is 1. The van der Waals surface area contributed by atoms with Gasteiger partial charge in [0.15, 0.2) is 6.29 Å². The van der Waals surface area contributed by atoms with Crippen LogP contribution in [-0.2, 0) is 30.3 Å². The van der Waals surface area contributed by atoms with E-state index in [4.69, 9.17) is 35.3 Å². The molecule has 3 fully saturated rings. The van der Waals surface area contributed by atoms with Gasteiger partial charge < -0.3 is 38.8 Å². The van der Waals surface area contributed by atoms with Gasteiger partial charge in [-0.05, 0) is 45.4 Å². The van der Waals surface area contributed by atoms with Crippen LogP contribution in [0.25, 0.3) is 0 Å². The van der Waals surface area contributed by atoms with E-state index in [0.717, 1.165) is 5.56 Å². The van der Waals surface area contributed by atoms with E-state index in [2.05, 4.69) is 4.98 Å². The lowest BCUT2D eigenvalue weighted by atomic mass is 9.85. The quantitative estimate of drug-likeness (QED) is 0.395. The summed E-state index contributed by atoms with van der Waals surface area (Å²) in [6.07, 6.45) is -3.19. The number of aromatic amines is 1. The normalized spacial score (nSPS) is 30.5. The summed E-state index contributed by atoms with van der Waals surface area (Å²) < 4.78 is 31.5. The Morgan fingerprint density at radius 3 is 2.60 bits per heavy atom. The van der Waals surface area contributed by atoms with E-state index in [1.165, 1.54) is 15.7 Å². The first-order chi connectivity index (χ1) is 20.3. The third-order valence-electron chi connectivity index (χ3n) is 7.84. The minimum absolute atomic E-state index is 0.0131. The first-order valence-corrected chi connectivity index (χ1v) is 14.6. The molecule has 7 atom stereocenters. The van der Waals surface area contributed by atoms with Gasteiger partial charge >= 0.3 is 11.8 Å². The summed E-state index contributed by atoms with van der Waals surface area (Å²) in [7, 11) is 0. The molecule has 0 saturated carbocycles. The zero-order valence-corrected chi connectivity index (χ0v) is 25.3. The molecular weight excluding hydrogens is 586 g/mol. The molecule has 3 aliphatic heterocycles. The fourth-order valence-corrected chi connectivity index (χ4v) is 5.86. The van der Waals surface area contributed by atoms with Crippen molar-refractivity contribution in [1.82, 2.24) is 14.5 Å². The molecule has 43 heavy (non-hydrogen) atoms. The SMILES string of the molecule is Cc1cn([C@H]2C[C@H](O)[C@@H](CO[C@@H]3O[C@@]4(CO)CN(C(=O)OC(C)(C)C)C[C@@H]3[C@@H]4OCc3ccc(Cl)cc3)O2)c(=O)[nH]c1=O. The number of nitrogens with one attached hydrogen (secondary N) is 1. The third-order valence-corrected chi connectivity index (χ3v) is 8.10. The van der Waals surface area contributed by atoms with Crippen LogP contribution in [0.4, 0.5) is 4.79 Å². The second-order valence-electron chi connectivity index (χ2n) is 12.3. The second-order valence-corrected chi connectivity index (χ2v) is 12.8. The van der Waals surface area contributed by atoms with Gasteiger partial charge in [-0.1, -0.05) is 23.7 Å². The number of nitrogens with zero attached hydrogens (tertiary/aromatic N) is 2. The number of H-pyrrole nitrogens is 1. The Labute approximate surface area is 253 Å². The van der Waals surface area contributed by atoms with Crippen molar-refractivity contribution in [3.63, 3.8) is 0 Å². The van der Waals surface area contributed by atoms with Crippen LogP contribution in [0.5, 0.6) is 0 Å². The molecule has 0 unspecified atom stereocenters. The van der Waals surface area contributed by atoms with Crippen molar-refractivity contribution in [2.24, 2.45) is 5.92 Å². The third kappa shape index (κ3) is 6.83. The summed E-state index contributed by atoms with van der Waals surface area (Å²) in [6, 6.07) is 7.19. The number of hydrogen-bond acceptors (Lipinski definition) is 10. The summed E-state index contributed by atoms with van der Waals surface area (Å²) in [5.41, 5.74) is -1.96. The molecule has 2 aromatic rings. The van der Waals surface area contributed by atoms with Crippen molar-refractivity contribution >= 4 is 17.7 Å². The van der Waals surface area contributed by atoms with E-state index < -0.39 is 71.9 Å². The minimum Gasteiger partial charge on any atom is -0.444 e. The minimum atomic E-state index is -1.30. The highest BCUT2D eigenvalue weighted by Crippen LogP contribution is 2.44. The Kier molecular flexibility index (Phi) is 9.06. The number of fused-ring (bicyclic) bond motifs is 2. The van der Waals surface area contributed by atoms with E-state index in [0.29, 0.717) is 10.6 Å². The van der Waals surface area contributed by atoms with Crippen molar-refractivity contribution in [1.29, 1.82) is 0 Å². The standard InChI is InChI=1S/C29H38ClN3O10/c1-16-10-33(26(37)31-24(16)36)22-9-20(35)21(41-22)13-40-25-19-11-32(27(38)43-28(2,3)4)14-29(15-34,42-25)23(19)39-12-17-5-7-18(30)8-6-17/h5-8,10,19-23,25,34-35H,9,11-15H2,1-4H3,(H,31,36,37)/t19-,20+,21-,22-,23+,25-,29-/m1/s1. The van der Waals surface area contributed by atoms with E-state index in [9.17, 15) is 24.6 Å². The summed E-state index contributed by atoms with van der Waals surface area (Å²) in [5, 5.41) is 21.9. The van der Waals surface area contributed by atoms with Gasteiger partial charge in [-0.25, -0.2) is 9.59 Å². The molecule has 13 nitrogen and oxygen atoms in total. The van der Waals surface area contributed by atoms with Crippen molar-refractivity contribution in [2.75, 3.05) is 26.3 Å². The zero-order chi connectivity index (χ0) is 31.1. The van der Waals surface area contributed by atoms with Gasteiger partial charge in [-0.15, -0.1) is 0 Å². The van der Waals surface area contributed by atoms with Crippen LogP contribution in [0.15, 0.2) is 40.1 Å². The number of halogens is 1. The van der Waals surface area contributed by atoms with Crippen molar-refractivity contribution < 1.29 is 38.7 Å². The van der Waals surface area contributed by atoms with Crippen LogP contribution in [-0.4, -0.2) is 92.9 Å². The lowest BCUT2D eigenvalue weighted by Gasteiger charge is -2.43. The fraction of sp³-hybridized carbons (Fsp3) is 0.621. The summed E-state index contributed by atoms with van der Waals surface area (Å²) >= 11 is 6.02. The smallest absolute Gasteiger partial charge is 0.410 e. The molecule has 3 N–H and O–H groups in total. The number of benzene rings is 1. The lowest BCUT2D eigenvalue weighted by molar-refractivity contribution is -0.206. The Morgan fingerprint density at radius 2 is 1.93 bits per heavy atom. The number of carbonyl (C=O) groups is 1. The molecule has 236 valence electrons. The zero-order valence-electron chi connectivity index (χ0n) is 24.5. The van der Waals surface area contributed by atoms with Gasteiger partial charge in [0.1, 0.15) is 29.6 Å². The van der Waals surface area contributed by atoms with E-state index >= 15 is 0 Å². The molecule has 2 bridgehead atoms. The first kappa shape index (κ1) is 31.6. The number of hydrogen-bond donors (Lipinski definition) is 3. The summed E-state index contributed by atoms with van der Waals surface area (Å²) in [6.45, 7) is 6.73. The number of ether oxygens (including phenoxy) is 5.